The van der Waals surface area contributed by atoms with Crippen LogP contribution in [0.15, 0.2) is 53.4 Å². The molecule has 3 nitrogen and oxygen atoms in total. The highest BCUT2D eigenvalue weighted by molar-refractivity contribution is 7.08. The lowest BCUT2D eigenvalue weighted by molar-refractivity contribution is -0.120. The summed E-state index contributed by atoms with van der Waals surface area (Å²) in [7, 11) is 0. The Hall–Kier alpha value is -2.60. The van der Waals surface area contributed by atoms with E-state index in [0.717, 1.165) is 29.0 Å². The molecule has 0 unspecified atom stereocenters. The lowest BCUT2D eigenvalue weighted by Crippen LogP contribution is -2.25. The molecule has 2 aromatic heterocycles. The molecule has 24 heavy (non-hydrogen) atoms. The molecule has 0 atom stereocenters. The molecule has 0 aliphatic carbocycles. The van der Waals surface area contributed by atoms with E-state index in [1.807, 2.05) is 22.9 Å². The number of nitrogens with one attached hydrogen (secondary N) is 1. The number of halogens is 2. The second kappa shape index (κ2) is 7.31. The van der Waals surface area contributed by atoms with Crippen LogP contribution in [0.2, 0.25) is 0 Å². The molecule has 0 saturated carbocycles. The molecule has 0 radical (unpaired) electrons. The Balaban J connectivity index is 1.67. The summed E-state index contributed by atoms with van der Waals surface area (Å²) in [5, 5.41) is 6.71. The zero-order valence-electron chi connectivity index (χ0n) is 12.6. The number of hydrogen-bond donors (Lipinski definition) is 1. The average Bonchev–Trinajstić information content (AvgIpc) is 3.10. The van der Waals surface area contributed by atoms with Crippen molar-refractivity contribution in [2.24, 2.45) is 0 Å². The minimum Gasteiger partial charge on any atom is -0.352 e. The predicted octanol–water partition coefficient (Wildman–Crippen LogP) is 3.95. The van der Waals surface area contributed by atoms with E-state index in [1.54, 1.807) is 23.6 Å². The molecular formula is C18H14F2N2OS. The maximum absolute atomic E-state index is 13.6. The molecular weight excluding hydrogens is 330 g/mol. The molecule has 2 heterocycles. The van der Waals surface area contributed by atoms with Gasteiger partial charge in [-0.05, 0) is 34.7 Å². The van der Waals surface area contributed by atoms with E-state index in [4.69, 9.17) is 0 Å². The van der Waals surface area contributed by atoms with Crippen molar-refractivity contribution in [1.82, 2.24) is 10.3 Å². The average molecular weight is 344 g/mol. The van der Waals surface area contributed by atoms with Gasteiger partial charge in [0.1, 0.15) is 11.6 Å². The van der Waals surface area contributed by atoms with Gasteiger partial charge in [0.05, 0.1) is 12.1 Å². The van der Waals surface area contributed by atoms with Gasteiger partial charge in [0.15, 0.2) is 0 Å². The van der Waals surface area contributed by atoms with Gasteiger partial charge in [0.2, 0.25) is 5.91 Å². The minimum atomic E-state index is -0.717. The van der Waals surface area contributed by atoms with Gasteiger partial charge in [-0.3, -0.25) is 9.78 Å². The Morgan fingerprint density at radius 3 is 2.79 bits per heavy atom. The lowest BCUT2D eigenvalue weighted by atomic mass is 10.1. The van der Waals surface area contributed by atoms with E-state index in [-0.39, 0.29) is 17.9 Å². The van der Waals surface area contributed by atoms with E-state index in [9.17, 15) is 13.6 Å². The van der Waals surface area contributed by atoms with Gasteiger partial charge >= 0.3 is 0 Å². The van der Waals surface area contributed by atoms with Crippen LogP contribution >= 0.6 is 11.3 Å². The topological polar surface area (TPSA) is 42.0 Å². The van der Waals surface area contributed by atoms with Gasteiger partial charge in [-0.25, -0.2) is 8.78 Å². The third kappa shape index (κ3) is 3.83. The van der Waals surface area contributed by atoms with Crippen LogP contribution in [-0.2, 0) is 17.8 Å². The van der Waals surface area contributed by atoms with Crippen LogP contribution in [0.5, 0.6) is 0 Å². The normalized spacial score (nSPS) is 10.6. The first-order valence-corrected chi connectivity index (χ1v) is 8.25. The predicted molar refractivity (Wildman–Crippen MR) is 89.5 cm³/mol. The van der Waals surface area contributed by atoms with Crippen molar-refractivity contribution >= 4 is 17.2 Å². The van der Waals surface area contributed by atoms with Gasteiger partial charge in [-0.15, -0.1) is 0 Å². The molecule has 1 amide bonds. The largest absolute Gasteiger partial charge is 0.352 e. The fraction of sp³-hybridized carbons (Fsp3) is 0.111. The Morgan fingerprint density at radius 2 is 2.04 bits per heavy atom. The third-order valence-corrected chi connectivity index (χ3v) is 4.21. The molecule has 0 aliphatic rings. The molecule has 0 spiro atoms. The first-order chi connectivity index (χ1) is 11.6. The van der Waals surface area contributed by atoms with Crippen LogP contribution in [0.4, 0.5) is 8.78 Å². The van der Waals surface area contributed by atoms with E-state index >= 15 is 0 Å². The maximum Gasteiger partial charge on any atom is 0.224 e. The van der Waals surface area contributed by atoms with Gasteiger partial charge < -0.3 is 5.32 Å². The van der Waals surface area contributed by atoms with Crippen molar-refractivity contribution in [2.75, 3.05) is 0 Å². The summed E-state index contributed by atoms with van der Waals surface area (Å²) in [6.45, 7) is 0.292. The monoisotopic (exact) mass is 344 g/mol. The molecule has 0 saturated heterocycles. The van der Waals surface area contributed by atoms with Gasteiger partial charge in [-0.2, -0.15) is 11.3 Å². The summed E-state index contributed by atoms with van der Waals surface area (Å²) in [6.07, 6.45) is 1.56. The van der Waals surface area contributed by atoms with Crippen LogP contribution in [0.1, 0.15) is 11.1 Å². The zero-order valence-corrected chi connectivity index (χ0v) is 13.4. The molecule has 3 rings (SSSR count). The quantitative estimate of drug-likeness (QED) is 0.761. The first-order valence-electron chi connectivity index (χ1n) is 7.30. The molecule has 0 aliphatic heterocycles. The molecule has 3 aromatic rings. The molecule has 0 bridgehead atoms. The second-order valence-electron chi connectivity index (χ2n) is 5.21. The van der Waals surface area contributed by atoms with Crippen molar-refractivity contribution < 1.29 is 13.6 Å². The number of pyridine rings is 1. The molecule has 6 heteroatoms. The lowest BCUT2D eigenvalue weighted by Gasteiger charge is -2.09. The number of aromatic nitrogens is 1. The summed E-state index contributed by atoms with van der Waals surface area (Å²) < 4.78 is 26.5. The van der Waals surface area contributed by atoms with Crippen molar-refractivity contribution in [2.45, 2.75) is 13.0 Å². The van der Waals surface area contributed by atoms with Crippen LogP contribution in [0.3, 0.4) is 0 Å². The fourth-order valence-electron chi connectivity index (χ4n) is 2.33. The smallest absolute Gasteiger partial charge is 0.224 e. The summed E-state index contributed by atoms with van der Waals surface area (Å²) in [5.74, 6) is -1.71. The van der Waals surface area contributed by atoms with Crippen LogP contribution < -0.4 is 5.32 Å². The molecule has 1 aromatic carbocycles. The molecule has 1 N–H and O–H groups in total. The maximum atomic E-state index is 13.6. The van der Waals surface area contributed by atoms with Crippen molar-refractivity contribution in [3.05, 3.63) is 76.1 Å². The van der Waals surface area contributed by atoms with E-state index < -0.39 is 11.6 Å². The zero-order chi connectivity index (χ0) is 16.9. The Labute approximate surface area is 142 Å². The van der Waals surface area contributed by atoms with E-state index in [1.165, 1.54) is 6.07 Å². The fourth-order valence-corrected chi connectivity index (χ4v) is 2.98. The number of carbonyl (C=O) groups excluding carboxylic acids is 1. The summed E-state index contributed by atoms with van der Waals surface area (Å²) in [4.78, 5) is 16.4. The summed E-state index contributed by atoms with van der Waals surface area (Å²) in [6, 6.07) is 8.85. The number of thiophene rings is 1. The SMILES string of the molecule is O=C(Cc1ccc(F)cc1F)NCc1cccnc1-c1ccsc1. The van der Waals surface area contributed by atoms with Gasteiger partial charge in [0.25, 0.3) is 0 Å². The minimum absolute atomic E-state index is 0.139. The Morgan fingerprint density at radius 1 is 1.17 bits per heavy atom. The summed E-state index contributed by atoms with van der Waals surface area (Å²) in [5.41, 5.74) is 2.85. The van der Waals surface area contributed by atoms with Crippen LogP contribution in [0, 0.1) is 11.6 Å². The van der Waals surface area contributed by atoms with Crippen LogP contribution in [0.25, 0.3) is 11.3 Å². The van der Waals surface area contributed by atoms with E-state index in [2.05, 4.69) is 10.3 Å². The highest BCUT2D eigenvalue weighted by atomic mass is 32.1. The number of carbonyl (C=O) groups is 1. The van der Waals surface area contributed by atoms with Crippen molar-refractivity contribution in [1.29, 1.82) is 0 Å². The van der Waals surface area contributed by atoms with Gasteiger partial charge in [-0.1, -0.05) is 12.1 Å². The van der Waals surface area contributed by atoms with Gasteiger partial charge in [0, 0.05) is 29.8 Å². The standard InChI is InChI=1S/C18H14F2N2OS/c19-15-4-3-12(16(20)9-15)8-17(23)22-10-13-2-1-6-21-18(13)14-5-7-24-11-14/h1-7,9,11H,8,10H2,(H,22,23). The number of amides is 1. The number of nitrogens with zero attached hydrogens (tertiary/aromatic N) is 1. The highest BCUT2D eigenvalue weighted by Gasteiger charge is 2.11. The highest BCUT2D eigenvalue weighted by Crippen LogP contribution is 2.23. The van der Waals surface area contributed by atoms with Crippen LogP contribution in [-0.4, -0.2) is 10.9 Å². The number of benzene rings is 1. The Bertz CT molecular complexity index is 850. The van der Waals surface area contributed by atoms with E-state index in [0.29, 0.717) is 6.54 Å². The third-order valence-electron chi connectivity index (χ3n) is 3.53. The first kappa shape index (κ1) is 16.3. The number of rotatable bonds is 5. The second-order valence-corrected chi connectivity index (χ2v) is 5.99. The number of hydrogen-bond acceptors (Lipinski definition) is 3. The van der Waals surface area contributed by atoms with Crippen molar-refractivity contribution in [3.63, 3.8) is 0 Å². The van der Waals surface area contributed by atoms with Crippen molar-refractivity contribution in [3.8, 4) is 11.3 Å². The Kier molecular flexibility index (Phi) is 4.96. The molecule has 0 fully saturated rings. The summed E-state index contributed by atoms with van der Waals surface area (Å²) >= 11 is 1.57. The molecule has 122 valence electrons.